The van der Waals surface area contributed by atoms with Crippen LogP contribution in [0.15, 0.2) is 0 Å². The number of nitrogens with one attached hydrogen (secondary N) is 1. The van der Waals surface area contributed by atoms with Gasteiger partial charge in [0, 0.05) is 17.6 Å². The van der Waals surface area contributed by atoms with Crippen LogP contribution in [0.25, 0.3) is 0 Å². The minimum absolute atomic E-state index is 0.106. The van der Waals surface area contributed by atoms with Gasteiger partial charge in [0.05, 0.1) is 0 Å². The van der Waals surface area contributed by atoms with E-state index in [0.29, 0.717) is 5.54 Å². The molecule has 0 fully saturated rings. The molecule has 0 aliphatic carbocycles. The Morgan fingerprint density at radius 2 is 1.38 bits per heavy atom. The van der Waals surface area contributed by atoms with E-state index in [1.807, 2.05) is 0 Å². The Morgan fingerprint density at radius 3 is 1.62 bits per heavy atom. The van der Waals surface area contributed by atoms with Crippen molar-refractivity contribution in [3.63, 3.8) is 0 Å². The highest BCUT2D eigenvalue weighted by Crippen LogP contribution is 2.19. The van der Waals surface area contributed by atoms with Gasteiger partial charge in [0.15, 0.2) is 0 Å². The van der Waals surface area contributed by atoms with Crippen molar-refractivity contribution in [3.8, 4) is 0 Å². The molecule has 0 aromatic rings. The second kappa shape index (κ2) is 4.97. The quantitative estimate of drug-likeness (QED) is 0.668. The largest absolute Gasteiger partial charge is 0.324 e. The first-order valence-corrected chi connectivity index (χ1v) is 5.43. The van der Waals surface area contributed by atoms with E-state index in [-0.39, 0.29) is 5.54 Å². The predicted molar refractivity (Wildman–Crippen MR) is 59.9 cm³/mol. The molecule has 3 N–H and O–H groups in total. The lowest BCUT2D eigenvalue weighted by Crippen LogP contribution is -2.52. The Balaban J connectivity index is 4.11. The van der Waals surface area contributed by atoms with Crippen molar-refractivity contribution in [3.05, 3.63) is 0 Å². The fraction of sp³-hybridized carbons (Fsp3) is 1.00. The van der Waals surface area contributed by atoms with Gasteiger partial charge >= 0.3 is 0 Å². The van der Waals surface area contributed by atoms with Crippen LogP contribution >= 0.6 is 0 Å². The molecule has 0 aliphatic heterocycles. The van der Waals surface area contributed by atoms with Gasteiger partial charge in [-0.3, -0.25) is 0 Å². The van der Waals surface area contributed by atoms with Crippen LogP contribution in [-0.4, -0.2) is 17.6 Å². The van der Waals surface area contributed by atoms with Crippen LogP contribution < -0.4 is 11.1 Å². The van der Waals surface area contributed by atoms with Crippen LogP contribution in [0.5, 0.6) is 0 Å². The Kier molecular flexibility index (Phi) is 4.93. The molecule has 0 spiro atoms. The highest BCUT2D eigenvalue weighted by molar-refractivity contribution is 4.87. The maximum Gasteiger partial charge on any atom is 0.0223 e. The zero-order chi connectivity index (χ0) is 10.5. The number of nitrogens with two attached hydrogens (primary N) is 1. The zero-order valence-corrected chi connectivity index (χ0v) is 9.91. The molecular formula is C11H26N2. The van der Waals surface area contributed by atoms with Crippen molar-refractivity contribution >= 4 is 0 Å². The molecule has 0 saturated carbocycles. The van der Waals surface area contributed by atoms with Crippen molar-refractivity contribution in [2.75, 3.05) is 6.54 Å². The average Bonchev–Trinajstić information content (AvgIpc) is 2.06. The van der Waals surface area contributed by atoms with Crippen LogP contribution in [0.3, 0.4) is 0 Å². The summed E-state index contributed by atoms with van der Waals surface area (Å²) in [5, 5.41) is 3.60. The maximum absolute atomic E-state index is 5.94. The molecule has 2 heteroatoms. The molecule has 0 heterocycles. The monoisotopic (exact) mass is 186 g/mol. The molecule has 0 aromatic carbocycles. The Labute approximate surface area is 83.3 Å². The van der Waals surface area contributed by atoms with E-state index in [1.165, 1.54) is 19.3 Å². The predicted octanol–water partition coefficient (Wildman–Crippen LogP) is 2.28. The molecule has 0 amide bonds. The molecule has 0 bridgehead atoms. The molecular weight excluding hydrogens is 160 g/mol. The van der Waals surface area contributed by atoms with E-state index in [0.717, 1.165) is 6.54 Å². The highest BCUT2D eigenvalue weighted by atomic mass is 15.0. The summed E-state index contributed by atoms with van der Waals surface area (Å²) in [4.78, 5) is 0. The number of hydrogen-bond acceptors (Lipinski definition) is 2. The normalized spacial score (nSPS) is 13.4. The second-order valence-corrected chi connectivity index (χ2v) is 4.68. The van der Waals surface area contributed by atoms with E-state index in [1.54, 1.807) is 0 Å². The lowest BCUT2D eigenvalue weighted by molar-refractivity contribution is 0.266. The first kappa shape index (κ1) is 12.9. The van der Waals surface area contributed by atoms with E-state index < -0.39 is 0 Å². The Hall–Kier alpha value is -0.0800. The topological polar surface area (TPSA) is 38.0 Å². The van der Waals surface area contributed by atoms with Crippen molar-refractivity contribution < 1.29 is 0 Å². The molecule has 0 radical (unpaired) electrons. The van der Waals surface area contributed by atoms with Crippen LogP contribution in [0.4, 0.5) is 0 Å². The first-order chi connectivity index (χ1) is 5.89. The minimum atomic E-state index is -0.106. The summed E-state index contributed by atoms with van der Waals surface area (Å²) in [7, 11) is 0. The molecule has 0 atom stereocenters. The molecule has 0 rings (SSSR count). The third-order valence-electron chi connectivity index (χ3n) is 2.95. The van der Waals surface area contributed by atoms with Crippen LogP contribution in [0.1, 0.15) is 53.9 Å². The van der Waals surface area contributed by atoms with Gasteiger partial charge in [0.1, 0.15) is 0 Å². The fourth-order valence-corrected chi connectivity index (χ4v) is 1.54. The fourth-order valence-electron chi connectivity index (χ4n) is 1.54. The van der Waals surface area contributed by atoms with E-state index in [9.17, 15) is 0 Å². The van der Waals surface area contributed by atoms with Crippen molar-refractivity contribution in [1.29, 1.82) is 0 Å². The zero-order valence-electron chi connectivity index (χ0n) is 9.91. The molecule has 0 saturated heterocycles. The third kappa shape index (κ3) is 4.63. The molecule has 0 aromatic heterocycles. The SMILES string of the molecule is CCC(CC)(CC)NCC(C)(C)N. The Bertz CT molecular complexity index is 123. The molecule has 80 valence electrons. The molecule has 0 unspecified atom stereocenters. The van der Waals surface area contributed by atoms with Gasteiger partial charge in [-0.05, 0) is 33.1 Å². The lowest BCUT2D eigenvalue weighted by Gasteiger charge is -2.35. The van der Waals surface area contributed by atoms with Gasteiger partial charge < -0.3 is 11.1 Å². The number of hydrogen-bond donors (Lipinski definition) is 2. The second-order valence-electron chi connectivity index (χ2n) is 4.68. The molecule has 13 heavy (non-hydrogen) atoms. The van der Waals surface area contributed by atoms with E-state index >= 15 is 0 Å². The smallest absolute Gasteiger partial charge is 0.0223 e. The van der Waals surface area contributed by atoms with Crippen molar-refractivity contribution in [2.45, 2.75) is 65.0 Å². The molecule has 2 nitrogen and oxygen atoms in total. The summed E-state index contributed by atoms with van der Waals surface area (Å²) >= 11 is 0. The van der Waals surface area contributed by atoms with Crippen molar-refractivity contribution in [1.82, 2.24) is 5.32 Å². The average molecular weight is 186 g/mol. The van der Waals surface area contributed by atoms with Crippen LogP contribution in [0.2, 0.25) is 0 Å². The van der Waals surface area contributed by atoms with Gasteiger partial charge in [-0.25, -0.2) is 0 Å². The maximum atomic E-state index is 5.94. The highest BCUT2D eigenvalue weighted by Gasteiger charge is 2.24. The molecule has 0 aliphatic rings. The van der Waals surface area contributed by atoms with Gasteiger partial charge in [0.25, 0.3) is 0 Å². The van der Waals surface area contributed by atoms with Crippen LogP contribution in [0, 0.1) is 0 Å². The first-order valence-electron chi connectivity index (χ1n) is 5.43. The summed E-state index contributed by atoms with van der Waals surface area (Å²) < 4.78 is 0. The van der Waals surface area contributed by atoms with Gasteiger partial charge in [-0.15, -0.1) is 0 Å². The standard InChI is InChI=1S/C11H26N2/c1-6-11(7-2,8-3)13-9-10(4,5)12/h13H,6-9,12H2,1-5H3. The summed E-state index contributed by atoms with van der Waals surface area (Å²) in [6, 6.07) is 0. The third-order valence-corrected chi connectivity index (χ3v) is 2.95. The van der Waals surface area contributed by atoms with E-state index in [4.69, 9.17) is 5.73 Å². The van der Waals surface area contributed by atoms with Gasteiger partial charge in [0.2, 0.25) is 0 Å². The minimum Gasteiger partial charge on any atom is -0.324 e. The summed E-state index contributed by atoms with van der Waals surface area (Å²) in [5.41, 5.74) is 6.14. The lowest BCUT2D eigenvalue weighted by atomic mass is 9.89. The van der Waals surface area contributed by atoms with Crippen LogP contribution in [-0.2, 0) is 0 Å². The Morgan fingerprint density at radius 1 is 1.00 bits per heavy atom. The number of rotatable bonds is 6. The van der Waals surface area contributed by atoms with Crippen molar-refractivity contribution in [2.24, 2.45) is 5.73 Å². The summed E-state index contributed by atoms with van der Waals surface area (Å²) in [6.07, 6.45) is 3.53. The van der Waals surface area contributed by atoms with Gasteiger partial charge in [-0.1, -0.05) is 20.8 Å². The summed E-state index contributed by atoms with van der Waals surface area (Å²) in [5.74, 6) is 0. The summed E-state index contributed by atoms with van der Waals surface area (Å²) in [6.45, 7) is 11.7. The van der Waals surface area contributed by atoms with Gasteiger partial charge in [-0.2, -0.15) is 0 Å². The van der Waals surface area contributed by atoms with E-state index in [2.05, 4.69) is 39.9 Å².